The normalized spacial score (nSPS) is 9.19. The minimum Gasteiger partial charge on any atom is -0.326 e. The maximum Gasteiger partial charge on any atom is 0.314 e. The molecule has 0 heterocycles. The Kier molecular flexibility index (Phi) is 8.45. The van der Waals surface area contributed by atoms with E-state index in [1.807, 2.05) is 12.2 Å². The van der Waals surface area contributed by atoms with E-state index in [2.05, 4.69) is 37.4 Å². The van der Waals surface area contributed by atoms with Crippen LogP contribution in [0.4, 0.5) is 0 Å². The van der Waals surface area contributed by atoms with Gasteiger partial charge in [0, 0.05) is 0 Å². The molecule has 16 heavy (non-hydrogen) atoms. The highest BCUT2D eigenvalue weighted by molar-refractivity contribution is 7.30. The van der Waals surface area contributed by atoms with Gasteiger partial charge in [0.25, 0.3) is 0 Å². The molecule has 1 aromatic carbocycles. The minimum atomic E-state index is -3.13. The molecule has 88 valence electrons. The van der Waals surface area contributed by atoms with E-state index in [1.54, 1.807) is 0 Å². The van der Waals surface area contributed by atoms with Crippen LogP contribution < -0.4 is 0 Å². The number of hydrogen-bond donors (Lipinski definition) is 2. The van der Waals surface area contributed by atoms with Crippen molar-refractivity contribution in [3.05, 3.63) is 60.7 Å². The molecule has 1 rings (SSSR count). The highest BCUT2D eigenvalue weighted by Gasteiger charge is 1.96. The SMILES string of the molecule is C=CCc1ccccc1CC=C.O=[PH](O)O. The molecule has 0 aliphatic rings. The first-order chi connectivity index (χ1) is 7.61. The van der Waals surface area contributed by atoms with Crippen LogP contribution in [0, 0.1) is 0 Å². The zero-order valence-corrected chi connectivity index (χ0v) is 10.1. The van der Waals surface area contributed by atoms with Crippen molar-refractivity contribution < 1.29 is 14.4 Å². The monoisotopic (exact) mass is 240 g/mol. The van der Waals surface area contributed by atoms with E-state index in [0.29, 0.717) is 0 Å². The first kappa shape index (κ1) is 14.8. The maximum atomic E-state index is 8.74. The quantitative estimate of drug-likeness (QED) is 0.628. The minimum absolute atomic E-state index is 0.948. The van der Waals surface area contributed by atoms with Gasteiger partial charge >= 0.3 is 8.25 Å². The molecule has 0 aromatic heterocycles. The molecule has 0 aliphatic carbocycles. The molecule has 0 amide bonds. The van der Waals surface area contributed by atoms with Gasteiger partial charge in [0.2, 0.25) is 0 Å². The van der Waals surface area contributed by atoms with Crippen molar-refractivity contribution in [3.63, 3.8) is 0 Å². The Morgan fingerprint density at radius 2 is 1.38 bits per heavy atom. The molecule has 0 saturated carbocycles. The Labute approximate surface area is 96.7 Å². The van der Waals surface area contributed by atoms with E-state index in [4.69, 9.17) is 14.4 Å². The Hall–Kier alpha value is -1.15. The van der Waals surface area contributed by atoms with E-state index >= 15 is 0 Å². The number of allylic oxidation sites excluding steroid dienone is 2. The van der Waals surface area contributed by atoms with Crippen molar-refractivity contribution in [2.75, 3.05) is 0 Å². The van der Waals surface area contributed by atoms with Gasteiger partial charge < -0.3 is 9.79 Å². The summed E-state index contributed by atoms with van der Waals surface area (Å²) in [4.78, 5) is 14.3. The molecule has 0 atom stereocenters. The molecular weight excluding hydrogens is 223 g/mol. The lowest BCUT2D eigenvalue weighted by molar-refractivity contribution is 0.405. The summed E-state index contributed by atoms with van der Waals surface area (Å²) in [6.45, 7) is 7.46. The average molecular weight is 240 g/mol. The van der Waals surface area contributed by atoms with E-state index in [-0.39, 0.29) is 0 Å². The van der Waals surface area contributed by atoms with E-state index in [9.17, 15) is 0 Å². The fourth-order valence-corrected chi connectivity index (χ4v) is 1.27. The lowest BCUT2D eigenvalue weighted by Gasteiger charge is -2.03. The van der Waals surface area contributed by atoms with Crippen LogP contribution in [0.5, 0.6) is 0 Å². The lowest BCUT2D eigenvalue weighted by atomic mass is 10.0. The fraction of sp³-hybridized carbons (Fsp3) is 0.167. The van der Waals surface area contributed by atoms with Crippen LogP contribution in [-0.4, -0.2) is 9.79 Å². The molecule has 0 spiro atoms. The zero-order chi connectivity index (χ0) is 12.4. The van der Waals surface area contributed by atoms with Gasteiger partial charge in [0.15, 0.2) is 0 Å². The first-order valence-corrected chi connectivity index (χ1v) is 6.12. The second kappa shape index (κ2) is 9.10. The molecule has 0 radical (unpaired) electrons. The summed E-state index contributed by atoms with van der Waals surface area (Å²) in [6.07, 6.45) is 5.76. The topological polar surface area (TPSA) is 57.5 Å². The molecular formula is C12H17O3P. The van der Waals surface area contributed by atoms with Crippen LogP contribution in [-0.2, 0) is 17.4 Å². The second-order valence-electron chi connectivity index (χ2n) is 3.04. The predicted octanol–water partition coefficient (Wildman–Crippen LogP) is 2.50. The zero-order valence-electron chi connectivity index (χ0n) is 9.10. The summed E-state index contributed by atoms with van der Waals surface area (Å²) in [6, 6.07) is 8.40. The summed E-state index contributed by atoms with van der Waals surface area (Å²) < 4.78 is 8.74. The van der Waals surface area contributed by atoms with Gasteiger partial charge in [0.05, 0.1) is 0 Å². The summed E-state index contributed by atoms with van der Waals surface area (Å²) in [5.74, 6) is 0. The van der Waals surface area contributed by atoms with Crippen molar-refractivity contribution in [3.8, 4) is 0 Å². The van der Waals surface area contributed by atoms with Crippen molar-refractivity contribution in [1.82, 2.24) is 0 Å². The van der Waals surface area contributed by atoms with Gasteiger partial charge in [0.1, 0.15) is 0 Å². The van der Waals surface area contributed by atoms with Gasteiger partial charge in [-0.25, -0.2) is 0 Å². The van der Waals surface area contributed by atoms with Crippen LogP contribution in [0.2, 0.25) is 0 Å². The Morgan fingerprint density at radius 3 is 1.62 bits per heavy atom. The van der Waals surface area contributed by atoms with Gasteiger partial charge in [-0.15, -0.1) is 13.2 Å². The second-order valence-corrected chi connectivity index (χ2v) is 3.60. The average Bonchev–Trinajstić information content (AvgIpc) is 2.21. The largest absolute Gasteiger partial charge is 0.326 e. The summed E-state index contributed by atoms with van der Waals surface area (Å²) in [7, 11) is -3.13. The third-order valence-electron chi connectivity index (χ3n) is 1.85. The van der Waals surface area contributed by atoms with E-state index in [1.165, 1.54) is 11.1 Å². The highest BCUT2D eigenvalue weighted by Crippen LogP contribution is 2.10. The highest BCUT2D eigenvalue weighted by atomic mass is 31.1. The van der Waals surface area contributed by atoms with Crippen LogP contribution in [0.3, 0.4) is 0 Å². The van der Waals surface area contributed by atoms with Crippen molar-refractivity contribution >= 4 is 8.25 Å². The molecule has 0 fully saturated rings. The Bertz CT molecular complexity index is 328. The van der Waals surface area contributed by atoms with Crippen LogP contribution in [0.1, 0.15) is 11.1 Å². The van der Waals surface area contributed by atoms with Crippen LogP contribution in [0.15, 0.2) is 49.6 Å². The van der Waals surface area contributed by atoms with Crippen molar-refractivity contribution in [2.45, 2.75) is 12.8 Å². The van der Waals surface area contributed by atoms with Gasteiger partial charge in [-0.1, -0.05) is 36.4 Å². The molecule has 0 unspecified atom stereocenters. The number of rotatable bonds is 4. The first-order valence-electron chi connectivity index (χ1n) is 4.82. The molecule has 2 N–H and O–H groups in total. The molecule has 0 saturated heterocycles. The standard InChI is InChI=1S/C12H14.H3O3P/c1-3-7-11-9-5-6-10-12(11)8-4-2;1-4(2)3/h3-6,9-10H,1-2,7-8H2;4H,(H2,1,2,3). The van der Waals surface area contributed by atoms with E-state index in [0.717, 1.165) is 12.8 Å². The van der Waals surface area contributed by atoms with Crippen molar-refractivity contribution in [2.24, 2.45) is 0 Å². The summed E-state index contributed by atoms with van der Waals surface area (Å²) in [5, 5.41) is 0. The fourth-order valence-electron chi connectivity index (χ4n) is 1.27. The van der Waals surface area contributed by atoms with Gasteiger partial charge in [-0.2, -0.15) is 0 Å². The summed E-state index contributed by atoms with van der Waals surface area (Å²) in [5.41, 5.74) is 2.71. The van der Waals surface area contributed by atoms with Gasteiger partial charge in [-0.3, -0.25) is 4.57 Å². The lowest BCUT2D eigenvalue weighted by Crippen LogP contribution is -1.89. The molecule has 0 aliphatic heterocycles. The number of hydrogen-bond acceptors (Lipinski definition) is 1. The summed E-state index contributed by atoms with van der Waals surface area (Å²) >= 11 is 0. The Morgan fingerprint density at radius 1 is 1.06 bits per heavy atom. The van der Waals surface area contributed by atoms with Crippen LogP contribution >= 0.6 is 8.25 Å². The molecule has 0 bridgehead atoms. The predicted molar refractivity (Wildman–Crippen MR) is 67.7 cm³/mol. The third kappa shape index (κ3) is 7.18. The van der Waals surface area contributed by atoms with Crippen molar-refractivity contribution in [1.29, 1.82) is 0 Å². The molecule has 1 aromatic rings. The molecule has 3 nitrogen and oxygen atoms in total. The smallest absolute Gasteiger partial charge is 0.314 e. The molecule has 4 heteroatoms. The third-order valence-corrected chi connectivity index (χ3v) is 1.85. The Balaban J connectivity index is 0.000000487. The number of benzene rings is 1. The maximum absolute atomic E-state index is 8.74. The van der Waals surface area contributed by atoms with E-state index < -0.39 is 8.25 Å². The van der Waals surface area contributed by atoms with Gasteiger partial charge in [-0.05, 0) is 24.0 Å². The van der Waals surface area contributed by atoms with Crippen LogP contribution in [0.25, 0.3) is 0 Å².